The molecule has 0 saturated heterocycles. The van der Waals surface area contributed by atoms with Gasteiger partial charge in [-0.15, -0.1) is 0 Å². The monoisotopic (exact) mass is 382 g/mol. The van der Waals surface area contributed by atoms with Crippen LogP contribution in [0.1, 0.15) is 23.6 Å². The van der Waals surface area contributed by atoms with E-state index in [1.54, 1.807) is 24.3 Å². The zero-order chi connectivity index (χ0) is 19.2. The highest BCUT2D eigenvalue weighted by molar-refractivity contribution is 6.30. The number of hydrogen-bond acceptors (Lipinski definition) is 3. The highest BCUT2D eigenvalue weighted by Gasteiger charge is 2.18. The van der Waals surface area contributed by atoms with Gasteiger partial charge >= 0.3 is 12.0 Å². The number of amides is 2. The van der Waals surface area contributed by atoms with Gasteiger partial charge in [0.2, 0.25) is 0 Å². The molecule has 3 rings (SSSR count). The van der Waals surface area contributed by atoms with Crippen LogP contribution in [0.3, 0.4) is 0 Å². The van der Waals surface area contributed by atoms with E-state index in [9.17, 15) is 9.59 Å². The summed E-state index contributed by atoms with van der Waals surface area (Å²) in [5.41, 5.74) is 6.88. The third kappa shape index (κ3) is 4.99. The molecular weight excluding hydrogens is 364 g/mol. The van der Waals surface area contributed by atoms with Crippen molar-refractivity contribution in [3.05, 3.63) is 82.9 Å². The first-order valence-electron chi connectivity index (χ1n) is 8.46. The molecule has 27 heavy (non-hydrogen) atoms. The average Bonchev–Trinajstić information content (AvgIpc) is 2.66. The van der Waals surface area contributed by atoms with Crippen LogP contribution in [-0.4, -0.2) is 12.0 Å². The molecule has 3 aromatic rings. The zero-order valence-electron chi connectivity index (χ0n) is 14.5. The summed E-state index contributed by atoms with van der Waals surface area (Å²) < 4.78 is 5.44. The number of hydrogen-bond donors (Lipinski definition) is 2. The molecule has 1 atom stereocenters. The molecular formula is C21H19ClN2O3. The summed E-state index contributed by atoms with van der Waals surface area (Å²) in [5.74, 6) is -0.434. The van der Waals surface area contributed by atoms with Crippen LogP contribution >= 0.6 is 11.6 Å². The van der Waals surface area contributed by atoms with Crippen molar-refractivity contribution >= 4 is 34.4 Å². The molecule has 0 saturated carbocycles. The van der Waals surface area contributed by atoms with Crippen molar-refractivity contribution in [1.29, 1.82) is 0 Å². The Morgan fingerprint density at radius 1 is 1.00 bits per heavy atom. The molecule has 138 valence electrons. The van der Waals surface area contributed by atoms with Gasteiger partial charge in [-0.25, -0.2) is 4.79 Å². The number of carbonyl (C=O) groups excluding carboxylic acids is 2. The Morgan fingerprint density at radius 3 is 2.44 bits per heavy atom. The second-order valence-electron chi connectivity index (χ2n) is 6.12. The van der Waals surface area contributed by atoms with Crippen LogP contribution in [0.2, 0.25) is 5.02 Å². The van der Waals surface area contributed by atoms with Crippen LogP contribution in [-0.2, 0) is 16.1 Å². The van der Waals surface area contributed by atoms with E-state index in [-0.39, 0.29) is 13.0 Å². The van der Waals surface area contributed by atoms with Crippen molar-refractivity contribution in [3.8, 4) is 0 Å². The minimum absolute atomic E-state index is 0.0324. The number of urea groups is 1. The number of nitrogens with one attached hydrogen (secondary N) is 1. The third-order valence-corrected chi connectivity index (χ3v) is 4.48. The number of carbonyl (C=O) groups is 2. The molecule has 3 N–H and O–H groups in total. The summed E-state index contributed by atoms with van der Waals surface area (Å²) in [6, 6.07) is 19.3. The first kappa shape index (κ1) is 18.7. The van der Waals surface area contributed by atoms with Crippen molar-refractivity contribution in [2.45, 2.75) is 19.1 Å². The van der Waals surface area contributed by atoms with Gasteiger partial charge in [-0.05, 0) is 34.0 Å². The van der Waals surface area contributed by atoms with Gasteiger partial charge in [-0.3, -0.25) is 4.79 Å². The quantitative estimate of drug-likeness (QED) is 0.622. The first-order valence-corrected chi connectivity index (χ1v) is 8.84. The Balaban J connectivity index is 1.68. The Labute approximate surface area is 162 Å². The second-order valence-corrected chi connectivity index (χ2v) is 6.55. The first-order chi connectivity index (χ1) is 13.0. The van der Waals surface area contributed by atoms with E-state index in [4.69, 9.17) is 22.1 Å². The fourth-order valence-electron chi connectivity index (χ4n) is 2.92. The molecule has 0 heterocycles. The maximum Gasteiger partial charge on any atom is 0.312 e. The predicted molar refractivity (Wildman–Crippen MR) is 105 cm³/mol. The summed E-state index contributed by atoms with van der Waals surface area (Å²) in [6.45, 7) is 0.157. The highest BCUT2D eigenvalue weighted by Crippen LogP contribution is 2.22. The van der Waals surface area contributed by atoms with E-state index in [0.717, 1.165) is 21.9 Å². The third-order valence-electron chi connectivity index (χ3n) is 4.23. The number of esters is 1. The van der Waals surface area contributed by atoms with Crippen LogP contribution < -0.4 is 11.1 Å². The van der Waals surface area contributed by atoms with Crippen LogP contribution in [0.15, 0.2) is 66.7 Å². The SMILES string of the molecule is NC(=O)NC(CC(=O)OCc1cccc2ccccc12)c1ccc(Cl)cc1. The minimum Gasteiger partial charge on any atom is -0.461 e. The Bertz CT molecular complexity index is 952. The molecule has 0 aliphatic rings. The van der Waals surface area contributed by atoms with Gasteiger partial charge in [0, 0.05) is 5.02 Å². The fraction of sp³-hybridized carbons (Fsp3) is 0.143. The number of ether oxygens (including phenoxy) is 1. The molecule has 0 spiro atoms. The highest BCUT2D eigenvalue weighted by atomic mass is 35.5. The second kappa shape index (κ2) is 8.56. The van der Waals surface area contributed by atoms with Crippen molar-refractivity contribution in [2.75, 3.05) is 0 Å². The molecule has 0 fully saturated rings. The standard InChI is InChI=1S/C21H19ClN2O3/c22-17-10-8-15(9-11-17)19(24-21(23)26)12-20(25)27-13-16-6-3-5-14-4-1-2-7-18(14)16/h1-11,19H,12-13H2,(H3,23,24,26). The van der Waals surface area contributed by atoms with Crippen molar-refractivity contribution < 1.29 is 14.3 Å². The van der Waals surface area contributed by atoms with Crippen molar-refractivity contribution in [1.82, 2.24) is 5.32 Å². The topological polar surface area (TPSA) is 81.4 Å². The van der Waals surface area contributed by atoms with Gasteiger partial charge in [-0.2, -0.15) is 0 Å². The van der Waals surface area contributed by atoms with Gasteiger partial charge in [0.25, 0.3) is 0 Å². The largest absolute Gasteiger partial charge is 0.461 e. The van der Waals surface area contributed by atoms with E-state index in [1.165, 1.54) is 0 Å². The summed E-state index contributed by atoms with van der Waals surface area (Å²) >= 11 is 5.89. The Morgan fingerprint density at radius 2 is 1.70 bits per heavy atom. The van der Waals surface area contributed by atoms with Crippen LogP contribution in [0.5, 0.6) is 0 Å². The molecule has 0 aliphatic heterocycles. The Kier molecular flexibility index (Phi) is 5.94. The fourth-order valence-corrected chi connectivity index (χ4v) is 3.05. The van der Waals surface area contributed by atoms with Crippen LogP contribution in [0.25, 0.3) is 10.8 Å². The maximum atomic E-state index is 12.3. The lowest BCUT2D eigenvalue weighted by atomic mass is 10.0. The molecule has 0 aliphatic carbocycles. The molecule has 1 unspecified atom stereocenters. The van der Waals surface area contributed by atoms with Gasteiger partial charge in [0.1, 0.15) is 6.61 Å². The summed E-state index contributed by atoms with van der Waals surface area (Å²) in [5, 5.41) is 5.26. The number of fused-ring (bicyclic) bond motifs is 1. The molecule has 3 aromatic carbocycles. The lowest BCUT2D eigenvalue weighted by molar-refractivity contribution is -0.145. The number of nitrogens with two attached hydrogens (primary N) is 1. The molecule has 5 nitrogen and oxygen atoms in total. The zero-order valence-corrected chi connectivity index (χ0v) is 15.3. The lowest BCUT2D eigenvalue weighted by Gasteiger charge is -2.17. The van der Waals surface area contributed by atoms with Crippen molar-refractivity contribution in [3.63, 3.8) is 0 Å². The summed E-state index contributed by atoms with van der Waals surface area (Å²) in [6.07, 6.45) is -0.0324. The smallest absolute Gasteiger partial charge is 0.312 e. The van der Waals surface area contributed by atoms with Gasteiger partial charge in [0.15, 0.2) is 0 Å². The lowest BCUT2D eigenvalue weighted by Crippen LogP contribution is -2.34. The van der Waals surface area contributed by atoms with Gasteiger partial charge < -0.3 is 15.8 Å². The van der Waals surface area contributed by atoms with Crippen LogP contribution in [0.4, 0.5) is 4.79 Å². The average molecular weight is 383 g/mol. The predicted octanol–water partition coefficient (Wildman–Crippen LogP) is 4.34. The number of benzene rings is 3. The summed E-state index contributed by atoms with van der Waals surface area (Å²) in [7, 11) is 0. The summed E-state index contributed by atoms with van der Waals surface area (Å²) in [4.78, 5) is 23.6. The van der Waals surface area contributed by atoms with E-state index < -0.39 is 18.0 Å². The van der Waals surface area contributed by atoms with Gasteiger partial charge in [0.05, 0.1) is 12.5 Å². The number of primary amides is 1. The van der Waals surface area contributed by atoms with E-state index in [0.29, 0.717) is 5.02 Å². The normalized spacial score (nSPS) is 11.7. The molecule has 0 bridgehead atoms. The molecule has 0 aromatic heterocycles. The van der Waals surface area contributed by atoms with E-state index in [1.807, 2.05) is 42.5 Å². The number of rotatable bonds is 6. The molecule has 2 amide bonds. The number of halogens is 1. The maximum absolute atomic E-state index is 12.3. The molecule has 0 radical (unpaired) electrons. The molecule has 6 heteroatoms. The van der Waals surface area contributed by atoms with E-state index in [2.05, 4.69) is 5.32 Å². The Hall–Kier alpha value is -3.05. The van der Waals surface area contributed by atoms with Crippen molar-refractivity contribution in [2.24, 2.45) is 5.73 Å². The van der Waals surface area contributed by atoms with E-state index >= 15 is 0 Å². The van der Waals surface area contributed by atoms with Gasteiger partial charge in [-0.1, -0.05) is 66.2 Å². The minimum atomic E-state index is -0.711. The van der Waals surface area contributed by atoms with Crippen LogP contribution in [0, 0.1) is 0 Å².